The number of carboxylic acids is 2. The molecule has 4 atom stereocenters. The summed E-state index contributed by atoms with van der Waals surface area (Å²) in [5, 5.41) is 82.8. The molecule has 0 bridgehead atoms. The molecule has 14 N–H and O–H groups in total. The minimum Gasteiger partial charge on any atom is -0.534 e. The number of carbonyl (C=O) groups excluding carboxylic acids is 9. The zero-order valence-electron chi connectivity index (χ0n) is 44.3. The second-order valence-electron chi connectivity index (χ2n) is 19.3. The zero-order valence-corrected chi connectivity index (χ0v) is 45.8. The summed E-state index contributed by atoms with van der Waals surface area (Å²) in [4.78, 5) is 148. The Balaban J connectivity index is 0.905. The number of phenolic OH excluding ortho intramolecular Hbond substituents is 3. The molecule has 0 aliphatic carbocycles. The van der Waals surface area contributed by atoms with E-state index in [1.165, 1.54) is 18.2 Å². The number of hydrogen-bond acceptors (Lipinski definition) is 20. The van der Waals surface area contributed by atoms with Gasteiger partial charge in [-0.1, -0.05) is 53.5 Å². The van der Waals surface area contributed by atoms with Crippen molar-refractivity contribution in [1.29, 1.82) is 0 Å². The fraction of sp³-hybridized carbons (Fsp3) is 0.300. The standard InChI is InChI=1S/C50H49B2Cl2FN10O21/c53-33-23(5-8-27(66)37(33)69)35(41(70)58-29-18-21-2-1-3-25(47(76)77)38(21)85-51(29)82)60-49(80)65-17-15-63(44(73)46(65)75)13-11-57-31(68)20-84-40-28(67)9-6-24(34(40)54)36(61-50(81)64-16-14-62(12-10-56)43(72)45(64)74)42(71)59-30-19-22-4-7-26(55)32(48(78)79)39(22)86-52(30)83/h1-9,29-30,35-36,66-67,69,82-83H,10-20,56H2,(H,57,68)(H,58,70)(H,59,71)(H,60,80)(H,61,81)(H,76,77)(H,78,79)/t29-,30-,35?,36+/m0/s1. The highest BCUT2D eigenvalue weighted by molar-refractivity contribution is 6.47. The Hall–Kier alpha value is -9.63. The number of carboxylic acid groups (broad SMARTS) is 2. The van der Waals surface area contributed by atoms with Gasteiger partial charge in [-0.05, 0) is 48.2 Å². The van der Waals surface area contributed by atoms with Gasteiger partial charge in [0.15, 0.2) is 29.6 Å². The van der Waals surface area contributed by atoms with Crippen LogP contribution >= 0.6 is 23.2 Å². The van der Waals surface area contributed by atoms with Gasteiger partial charge in [-0.3, -0.25) is 43.4 Å². The number of benzene rings is 4. The lowest BCUT2D eigenvalue weighted by atomic mass is 9.72. The fourth-order valence-electron chi connectivity index (χ4n) is 9.53. The molecule has 36 heteroatoms. The van der Waals surface area contributed by atoms with E-state index in [9.17, 15) is 92.7 Å². The first-order chi connectivity index (χ1) is 40.8. The first-order valence-corrected chi connectivity index (χ1v) is 26.4. The number of hydrogen-bond donors (Lipinski definition) is 13. The van der Waals surface area contributed by atoms with Gasteiger partial charge in [-0.2, -0.15) is 0 Å². The van der Waals surface area contributed by atoms with E-state index in [-0.39, 0.29) is 92.2 Å². The van der Waals surface area contributed by atoms with E-state index >= 15 is 0 Å². The molecule has 2 fully saturated rings. The number of rotatable bonds is 18. The van der Waals surface area contributed by atoms with Crippen LogP contribution in [0.5, 0.6) is 34.5 Å². The quantitative estimate of drug-likeness (QED) is 0.0289. The number of ether oxygens (including phenoxy) is 1. The number of nitrogens with one attached hydrogen (secondary N) is 5. The summed E-state index contributed by atoms with van der Waals surface area (Å²) in [6.07, 6.45) is -0.537. The van der Waals surface area contributed by atoms with E-state index in [0.29, 0.717) is 9.80 Å². The Labute approximate surface area is 493 Å². The average molecular weight is 1240 g/mol. The summed E-state index contributed by atoms with van der Waals surface area (Å²) in [5.41, 5.74) is 4.01. The van der Waals surface area contributed by atoms with E-state index in [0.717, 1.165) is 46.2 Å². The molecule has 4 aromatic rings. The Morgan fingerprint density at radius 2 is 1.20 bits per heavy atom. The molecule has 4 aromatic carbocycles. The lowest BCUT2D eigenvalue weighted by Crippen LogP contribution is -2.60. The van der Waals surface area contributed by atoms with Crippen LogP contribution in [0.3, 0.4) is 0 Å². The van der Waals surface area contributed by atoms with Gasteiger partial charge < -0.3 is 91.7 Å². The number of para-hydroxylation sites is 1. The molecule has 31 nitrogen and oxygen atoms in total. The van der Waals surface area contributed by atoms with E-state index in [1.54, 1.807) is 0 Å². The molecule has 11 amide bonds. The maximum atomic E-state index is 14.5. The number of amides is 11. The topological polar surface area (TPSA) is 456 Å². The van der Waals surface area contributed by atoms with Gasteiger partial charge in [0.25, 0.3) is 5.91 Å². The van der Waals surface area contributed by atoms with Gasteiger partial charge >= 0.3 is 61.9 Å². The van der Waals surface area contributed by atoms with Crippen molar-refractivity contribution in [3.63, 3.8) is 0 Å². The minimum absolute atomic E-state index is 0.00500. The van der Waals surface area contributed by atoms with Gasteiger partial charge in [0.2, 0.25) is 11.8 Å². The predicted octanol–water partition coefficient (Wildman–Crippen LogP) is -2.08. The average Bonchev–Trinajstić information content (AvgIpc) is 1.10. The number of carbonyl (C=O) groups is 11. The smallest absolute Gasteiger partial charge is 0.534 e. The lowest BCUT2D eigenvalue weighted by Gasteiger charge is -2.34. The molecule has 4 aliphatic heterocycles. The van der Waals surface area contributed by atoms with Gasteiger partial charge in [0.05, 0.1) is 27.5 Å². The van der Waals surface area contributed by atoms with E-state index < -0.39 is 167 Å². The predicted molar refractivity (Wildman–Crippen MR) is 290 cm³/mol. The third kappa shape index (κ3) is 13.0. The van der Waals surface area contributed by atoms with Crippen molar-refractivity contribution in [1.82, 2.24) is 46.2 Å². The van der Waals surface area contributed by atoms with Crippen molar-refractivity contribution < 1.29 is 107 Å². The summed E-state index contributed by atoms with van der Waals surface area (Å²) in [7, 11) is -3.84. The first kappa shape index (κ1) is 62.4. The number of fused-ring (bicyclic) bond motifs is 2. The van der Waals surface area contributed by atoms with Crippen LogP contribution in [0.25, 0.3) is 0 Å². The molecule has 1 unspecified atom stereocenters. The molecular formula is C50H49B2Cl2FN10O21. The number of aromatic hydroxyl groups is 3. The van der Waals surface area contributed by atoms with Gasteiger partial charge in [-0.25, -0.2) is 23.6 Å². The Morgan fingerprint density at radius 1 is 0.674 bits per heavy atom. The summed E-state index contributed by atoms with van der Waals surface area (Å²) < 4.78 is 30.8. The maximum absolute atomic E-state index is 14.5. The van der Waals surface area contributed by atoms with Crippen LogP contribution in [0.4, 0.5) is 14.0 Å². The van der Waals surface area contributed by atoms with Crippen molar-refractivity contribution in [3.05, 3.63) is 104 Å². The van der Waals surface area contributed by atoms with Crippen molar-refractivity contribution >= 4 is 103 Å². The SMILES string of the molecule is NCCN1CCN(C(=O)N[C@@H](C(=O)N[C@H]2Cc3ccc(F)c(C(=O)O)c3OB2O)c2ccc(O)c(OCC(=O)NCCN3CCN(C(=O)NC(C(=O)N[C@H]4Cc5cccc(C(=O)O)c5OB4O)c4ccc(O)c(O)c4Cl)C(=O)C3=O)c2Cl)C(=O)C1=O. The number of imide groups is 2. The van der Waals surface area contributed by atoms with Crippen LogP contribution in [0.15, 0.2) is 54.6 Å². The highest BCUT2D eigenvalue weighted by Gasteiger charge is 2.45. The van der Waals surface area contributed by atoms with Crippen LogP contribution in [-0.4, -0.2) is 206 Å². The van der Waals surface area contributed by atoms with Crippen molar-refractivity contribution in [2.75, 3.05) is 59.0 Å². The summed E-state index contributed by atoms with van der Waals surface area (Å²) >= 11 is 13.0. The molecule has 4 heterocycles. The van der Waals surface area contributed by atoms with Crippen LogP contribution in [0.1, 0.15) is 55.1 Å². The van der Waals surface area contributed by atoms with E-state index in [4.69, 9.17) is 43.0 Å². The number of aromatic carboxylic acids is 2. The molecule has 452 valence electrons. The zero-order chi connectivity index (χ0) is 62.6. The second-order valence-corrected chi connectivity index (χ2v) is 20.1. The molecular weight excluding hydrogens is 1190 g/mol. The van der Waals surface area contributed by atoms with Crippen molar-refractivity contribution in [3.8, 4) is 34.5 Å². The summed E-state index contributed by atoms with van der Waals surface area (Å²) in [6, 6.07) is 3.59. The number of piperazine rings is 2. The van der Waals surface area contributed by atoms with Gasteiger partial charge in [-0.15, -0.1) is 0 Å². The largest absolute Gasteiger partial charge is 0.547 e. The first-order valence-electron chi connectivity index (χ1n) is 25.6. The molecule has 8 rings (SSSR count). The minimum atomic E-state index is -2.02. The highest BCUT2D eigenvalue weighted by Crippen LogP contribution is 2.41. The Kier molecular flexibility index (Phi) is 18.9. The number of phenols is 3. The molecule has 4 aliphatic rings. The number of halogens is 3. The van der Waals surface area contributed by atoms with E-state index in [2.05, 4.69) is 26.6 Å². The Morgan fingerprint density at radius 3 is 1.74 bits per heavy atom. The molecule has 0 spiro atoms. The fourth-order valence-corrected chi connectivity index (χ4v) is 10.1. The maximum Gasteiger partial charge on any atom is 0.547 e. The van der Waals surface area contributed by atoms with Crippen LogP contribution in [0, 0.1) is 5.82 Å². The molecule has 0 radical (unpaired) electrons. The molecule has 0 aromatic heterocycles. The summed E-state index contributed by atoms with van der Waals surface area (Å²) in [6.45, 7) is -2.97. The van der Waals surface area contributed by atoms with Crippen molar-refractivity contribution in [2.45, 2.75) is 36.8 Å². The Bertz CT molecular complexity index is 3500. The molecule has 0 saturated carbocycles. The van der Waals surface area contributed by atoms with Crippen LogP contribution < -0.4 is 46.4 Å². The van der Waals surface area contributed by atoms with Crippen LogP contribution in [-0.2, 0) is 46.4 Å². The summed E-state index contributed by atoms with van der Waals surface area (Å²) in [5.74, 6) is -18.8. The van der Waals surface area contributed by atoms with Gasteiger partial charge in [0, 0.05) is 63.5 Å². The third-order valence-electron chi connectivity index (χ3n) is 13.9. The third-order valence-corrected chi connectivity index (χ3v) is 14.7. The normalized spacial score (nSPS) is 17.3. The number of nitrogens with two attached hydrogens (primary N) is 1. The lowest BCUT2D eigenvalue weighted by molar-refractivity contribution is -0.153. The monoisotopic (exact) mass is 1240 g/mol. The highest BCUT2D eigenvalue weighted by atomic mass is 35.5. The van der Waals surface area contributed by atoms with Crippen LogP contribution in [0.2, 0.25) is 10.0 Å². The van der Waals surface area contributed by atoms with Crippen molar-refractivity contribution in [2.24, 2.45) is 5.73 Å². The number of nitrogens with zero attached hydrogens (tertiary/aromatic N) is 4. The number of urea groups is 2. The van der Waals surface area contributed by atoms with E-state index in [1.807, 2.05) is 0 Å². The second kappa shape index (κ2) is 26.1. The molecule has 86 heavy (non-hydrogen) atoms. The molecule has 2 saturated heterocycles. The van der Waals surface area contributed by atoms with Gasteiger partial charge in [0.1, 0.15) is 35.0 Å².